The van der Waals surface area contributed by atoms with Gasteiger partial charge in [0.15, 0.2) is 5.78 Å². The molecule has 0 aliphatic carbocycles. The number of anilines is 1. The molecule has 4 N–H and O–H groups in total. The third kappa shape index (κ3) is 2.63. The van der Waals surface area contributed by atoms with Crippen LogP contribution >= 0.6 is 0 Å². The Hall–Kier alpha value is -1.77. The van der Waals surface area contributed by atoms with Gasteiger partial charge in [0.25, 0.3) is 0 Å². The monoisotopic (exact) mass is 176 g/mol. The summed E-state index contributed by atoms with van der Waals surface area (Å²) >= 11 is 0. The SMILES string of the molecule is CC(=O)/C=C(\N)c1cccc(N)c1. The number of nitrogen functional groups attached to an aromatic ring is 1. The predicted molar refractivity (Wildman–Crippen MR) is 53.7 cm³/mol. The van der Waals surface area contributed by atoms with Gasteiger partial charge in [-0.05, 0) is 24.6 Å². The second-order valence-corrected chi connectivity index (χ2v) is 2.84. The fourth-order valence-corrected chi connectivity index (χ4v) is 1.02. The van der Waals surface area contributed by atoms with Crippen LogP contribution in [0.5, 0.6) is 0 Å². The lowest BCUT2D eigenvalue weighted by atomic mass is 10.1. The molecule has 0 aliphatic rings. The molecule has 1 aromatic carbocycles. The van der Waals surface area contributed by atoms with Gasteiger partial charge in [-0.15, -0.1) is 0 Å². The van der Waals surface area contributed by atoms with Crippen LogP contribution in [0.4, 0.5) is 5.69 Å². The molecule has 3 heteroatoms. The summed E-state index contributed by atoms with van der Waals surface area (Å²) in [6, 6.07) is 7.11. The molecule has 0 saturated heterocycles. The molecular formula is C10H12N2O. The van der Waals surface area contributed by atoms with E-state index in [1.807, 2.05) is 6.07 Å². The minimum atomic E-state index is -0.0695. The Bertz CT molecular complexity index is 356. The smallest absolute Gasteiger partial charge is 0.154 e. The fraction of sp³-hybridized carbons (Fsp3) is 0.100. The molecule has 0 unspecified atom stereocenters. The van der Waals surface area contributed by atoms with Crippen molar-refractivity contribution in [1.29, 1.82) is 0 Å². The first kappa shape index (κ1) is 9.32. The van der Waals surface area contributed by atoms with E-state index in [0.717, 1.165) is 5.56 Å². The maximum absolute atomic E-state index is 10.7. The van der Waals surface area contributed by atoms with E-state index in [0.29, 0.717) is 11.4 Å². The normalized spacial score (nSPS) is 11.3. The Balaban J connectivity index is 3.02. The van der Waals surface area contributed by atoms with Gasteiger partial charge in [0, 0.05) is 17.5 Å². The summed E-state index contributed by atoms with van der Waals surface area (Å²) < 4.78 is 0. The van der Waals surface area contributed by atoms with Gasteiger partial charge in [0.2, 0.25) is 0 Å². The van der Waals surface area contributed by atoms with Crippen molar-refractivity contribution in [2.45, 2.75) is 6.92 Å². The van der Waals surface area contributed by atoms with Crippen LogP contribution < -0.4 is 11.5 Å². The molecule has 0 aromatic heterocycles. The Morgan fingerprint density at radius 2 is 2.15 bits per heavy atom. The quantitative estimate of drug-likeness (QED) is 0.524. The topological polar surface area (TPSA) is 69.1 Å². The lowest BCUT2D eigenvalue weighted by molar-refractivity contribution is -0.112. The van der Waals surface area contributed by atoms with Crippen molar-refractivity contribution in [3.63, 3.8) is 0 Å². The van der Waals surface area contributed by atoms with E-state index >= 15 is 0 Å². The average molecular weight is 176 g/mol. The first-order valence-corrected chi connectivity index (χ1v) is 3.93. The van der Waals surface area contributed by atoms with Gasteiger partial charge >= 0.3 is 0 Å². The summed E-state index contributed by atoms with van der Waals surface area (Å²) in [4.78, 5) is 10.7. The molecule has 1 aromatic rings. The van der Waals surface area contributed by atoms with Crippen molar-refractivity contribution in [3.8, 4) is 0 Å². The van der Waals surface area contributed by atoms with Gasteiger partial charge in [0.1, 0.15) is 0 Å². The summed E-state index contributed by atoms with van der Waals surface area (Å²) in [5.74, 6) is -0.0695. The zero-order chi connectivity index (χ0) is 9.84. The number of ketones is 1. The first-order chi connectivity index (χ1) is 6.09. The maximum Gasteiger partial charge on any atom is 0.154 e. The standard InChI is InChI=1S/C10H12N2O/c1-7(13)5-10(12)8-3-2-4-9(11)6-8/h2-6H,11-12H2,1H3/b10-5-. The molecule has 68 valence electrons. The second kappa shape index (κ2) is 3.76. The van der Waals surface area contributed by atoms with E-state index < -0.39 is 0 Å². The molecule has 0 atom stereocenters. The van der Waals surface area contributed by atoms with E-state index in [2.05, 4.69) is 0 Å². The molecule has 0 amide bonds. The van der Waals surface area contributed by atoms with E-state index in [9.17, 15) is 4.79 Å². The Morgan fingerprint density at radius 1 is 1.46 bits per heavy atom. The average Bonchev–Trinajstić information content (AvgIpc) is 2.03. The molecule has 0 spiro atoms. The van der Waals surface area contributed by atoms with Crippen LogP contribution in [0.1, 0.15) is 12.5 Å². The molecule has 0 bridgehead atoms. The van der Waals surface area contributed by atoms with Gasteiger partial charge < -0.3 is 11.5 Å². The number of benzene rings is 1. The number of rotatable bonds is 2. The van der Waals surface area contributed by atoms with Crippen LogP contribution in [-0.2, 0) is 4.79 Å². The predicted octanol–water partition coefficient (Wildman–Crippen LogP) is 1.16. The Morgan fingerprint density at radius 3 is 2.69 bits per heavy atom. The summed E-state index contributed by atoms with van der Waals surface area (Å²) in [6.07, 6.45) is 1.38. The minimum absolute atomic E-state index is 0.0695. The Kier molecular flexibility index (Phi) is 2.69. The molecule has 1 rings (SSSR count). The van der Waals surface area contributed by atoms with Gasteiger partial charge in [-0.3, -0.25) is 4.79 Å². The molecular weight excluding hydrogens is 164 g/mol. The van der Waals surface area contributed by atoms with Crippen molar-refractivity contribution in [3.05, 3.63) is 35.9 Å². The van der Waals surface area contributed by atoms with Gasteiger partial charge in [0.05, 0.1) is 0 Å². The highest BCUT2D eigenvalue weighted by atomic mass is 16.1. The summed E-state index contributed by atoms with van der Waals surface area (Å²) in [5.41, 5.74) is 13.1. The number of nitrogens with two attached hydrogens (primary N) is 2. The second-order valence-electron chi connectivity index (χ2n) is 2.84. The van der Waals surface area contributed by atoms with Crippen molar-refractivity contribution in [2.24, 2.45) is 5.73 Å². The van der Waals surface area contributed by atoms with Crippen molar-refractivity contribution >= 4 is 17.2 Å². The molecule has 0 aliphatic heterocycles. The number of carbonyl (C=O) groups is 1. The van der Waals surface area contributed by atoms with Crippen molar-refractivity contribution in [1.82, 2.24) is 0 Å². The lowest BCUT2D eigenvalue weighted by Gasteiger charge is -2.01. The van der Waals surface area contributed by atoms with Crippen LogP contribution in [0.15, 0.2) is 30.3 Å². The van der Waals surface area contributed by atoms with Gasteiger partial charge in [-0.2, -0.15) is 0 Å². The first-order valence-electron chi connectivity index (χ1n) is 3.93. The highest BCUT2D eigenvalue weighted by molar-refractivity contribution is 5.94. The highest BCUT2D eigenvalue weighted by Crippen LogP contribution is 2.12. The highest BCUT2D eigenvalue weighted by Gasteiger charge is 1.97. The van der Waals surface area contributed by atoms with Crippen LogP contribution in [0, 0.1) is 0 Å². The van der Waals surface area contributed by atoms with E-state index in [4.69, 9.17) is 11.5 Å². The van der Waals surface area contributed by atoms with E-state index in [1.54, 1.807) is 18.2 Å². The zero-order valence-corrected chi connectivity index (χ0v) is 7.45. The molecule has 0 saturated carbocycles. The molecule has 3 nitrogen and oxygen atoms in total. The van der Waals surface area contributed by atoms with E-state index in [1.165, 1.54) is 13.0 Å². The molecule has 13 heavy (non-hydrogen) atoms. The summed E-state index contributed by atoms with van der Waals surface area (Å²) in [5, 5.41) is 0. The van der Waals surface area contributed by atoms with Crippen molar-refractivity contribution < 1.29 is 4.79 Å². The molecule has 0 radical (unpaired) electrons. The molecule has 0 heterocycles. The largest absolute Gasteiger partial charge is 0.399 e. The van der Waals surface area contributed by atoms with Crippen LogP contribution in [0.2, 0.25) is 0 Å². The van der Waals surface area contributed by atoms with Crippen LogP contribution in [0.25, 0.3) is 5.70 Å². The number of hydrogen-bond acceptors (Lipinski definition) is 3. The lowest BCUT2D eigenvalue weighted by Crippen LogP contribution is -1.99. The number of hydrogen-bond donors (Lipinski definition) is 2. The van der Waals surface area contributed by atoms with Gasteiger partial charge in [-0.1, -0.05) is 12.1 Å². The number of allylic oxidation sites excluding steroid dienone is 1. The number of carbonyl (C=O) groups excluding carboxylic acids is 1. The van der Waals surface area contributed by atoms with Crippen molar-refractivity contribution in [2.75, 3.05) is 5.73 Å². The fourth-order valence-electron chi connectivity index (χ4n) is 1.02. The van der Waals surface area contributed by atoms with Gasteiger partial charge in [-0.25, -0.2) is 0 Å². The summed E-state index contributed by atoms with van der Waals surface area (Å²) in [6.45, 7) is 1.46. The zero-order valence-electron chi connectivity index (χ0n) is 7.45. The summed E-state index contributed by atoms with van der Waals surface area (Å²) in [7, 11) is 0. The Labute approximate surface area is 77.0 Å². The van der Waals surface area contributed by atoms with Crippen LogP contribution in [0.3, 0.4) is 0 Å². The maximum atomic E-state index is 10.7. The molecule has 0 fully saturated rings. The minimum Gasteiger partial charge on any atom is -0.399 e. The van der Waals surface area contributed by atoms with Crippen LogP contribution in [-0.4, -0.2) is 5.78 Å². The van der Waals surface area contributed by atoms with E-state index in [-0.39, 0.29) is 5.78 Å². The third-order valence-corrected chi connectivity index (χ3v) is 1.58. The third-order valence-electron chi connectivity index (χ3n) is 1.58.